The third-order valence-corrected chi connectivity index (χ3v) is 2.49. The van der Waals surface area contributed by atoms with Gasteiger partial charge in [-0.1, -0.05) is 15.9 Å². The standard InChI is InChI=1S/C9H4BrNO5.Na.H/c10-4-1-2-6-5(3-4)8(12)7(11(14)15)9(13)16-6;;/h1-3,12H;;/q;+1;-1. The number of halogens is 1. The molecule has 1 heterocycles. The van der Waals surface area contributed by atoms with Gasteiger partial charge < -0.3 is 11.0 Å². The van der Waals surface area contributed by atoms with Crippen molar-refractivity contribution in [2.24, 2.45) is 0 Å². The number of aromatic hydroxyl groups is 1. The summed E-state index contributed by atoms with van der Waals surface area (Å²) in [7, 11) is 0. The molecule has 1 aromatic carbocycles. The summed E-state index contributed by atoms with van der Waals surface area (Å²) in [6, 6.07) is 4.46. The predicted molar refractivity (Wildman–Crippen MR) is 59.6 cm³/mol. The number of hydrogen-bond donors (Lipinski definition) is 1. The molecule has 0 saturated heterocycles. The van der Waals surface area contributed by atoms with Gasteiger partial charge >= 0.3 is 40.9 Å². The number of nitro groups is 1. The Bertz CT molecular complexity index is 659. The molecule has 0 aliphatic heterocycles. The van der Waals surface area contributed by atoms with E-state index in [1.54, 1.807) is 6.07 Å². The van der Waals surface area contributed by atoms with Crippen LogP contribution in [-0.2, 0) is 0 Å². The summed E-state index contributed by atoms with van der Waals surface area (Å²) in [4.78, 5) is 20.8. The summed E-state index contributed by atoms with van der Waals surface area (Å²) >= 11 is 3.15. The maximum absolute atomic E-state index is 11.2. The first-order valence-electron chi connectivity index (χ1n) is 4.10. The molecule has 0 saturated carbocycles. The van der Waals surface area contributed by atoms with Crippen LogP contribution in [0.1, 0.15) is 1.43 Å². The van der Waals surface area contributed by atoms with Gasteiger partial charge in [-0.05, 0) is 18.2 Å². The smallest absolute Gasteiger partial charge is 1.00 e. The van der Waals surface area contributed by atoms with Crippen molar-refractivity contribution in [3.63, 3.8) is 0 Å². The SMILES string of the molecule is O=c1oc2ccc(Br)cc2c(O)c1[N+](=O)[O-].[H-].[Na+]. The first-order valence-corrected chi connectivity index (χ1v) is 4.89. The van der Waals surface area contributed by atoms with Crippen molar-refractivity contribution in [3.05, 3.63) is 43.2 Å². The molecule has 6 nitrogen and oxygen atoms in total. The van der Waals surface area contributed by atoms with Crippen LogP contribution in [0.25, 0.3) is 11.0 Å². The zero-order chi connectivity index (χ0) is 11.9. The van der Waals surface area contributed by atoms with E-state index in [1.165, 1.54) is 12.1 Å². The first-order chi connectivity index (χ1) is 7.50. The largest absolute Gasteiger partial charge is 1.00 e. The quantitative estimate of drug-likeness (QED) is 0.325. The number of hydrogen-bond acceptors (Lipinski definition) is 5. The van der Waals surface area contributed by atoms with Crippen molar-refractivity contribution in [1.82, 2.24) is 0 Å². The van der Waals surface area contributed by atoms with Gasteiger partial charge in [0, 0.05) is 4.47 Å². The van der Waals surface area contributed by atoms with Gasteiger partial charge in [0.2, 0.25) is 5.75 Å². The minimum atomic E-state index is -1.17. The van der Waals surface area contributed by atoms with Gasteiger partial charge in [0.05, 0.1) is 10.3 Å². The molecule has 84 valence electrons. The summed E-state index contributed by atoms with van der Waals surface area (Å²) in [5.74, 6) is -0.683. The maximum Gasteiger partial charge on any atom is 1.00 e. The average Bonchev–Trinajstić information content (AvgIpc) is 2.19. The van der Waals surface area contributed by atoms with Crippen LogP contribution in [0.2, 0.25) is 0 Å². The molecule has 0 unspecified atom stereocenters. The second-order valence-corrected chi connectivity index (χ2v) is 3.90. The summed E-state index contributed by atoms with van der Waals surface area (Å²) in [5, 5.41) is 20.3. The molecule has 0 radical (unpaired) electrons. The zero-order valence-electron chi connectivity index (χ0n) is 9.64. The molecule has 1 aromatic heterocycles. The van der Waals surface area contributed by atoms with Crippen LogP contribution in [0.15, 0.2) is 31.9 Å². The molecule has 0 spiro atoms. The molecule has 0 aliphatic carbocycles. The summed E-state index contributed by atoms with van der Waals surface area (Å²) in [6.07, 6.45) is 0. The predicted octanol–water partition coefficient (Wildman–Crippen LogP) is -0.714. The van der Waals surface area contributed by atoms with Crippen LogP contribution in [0.3, 0.4) is 0 Å². The van der Waals surface area contributed by atoms with Crippen molar-refractivity contribution in [1.29, 1.82) is 0 Å². The van der Waals surface area contributed by atoms with E-state index in [9.17, 15) is 20.0 Å². The fourth-order valence-electron chi connectivity index (χ4n) is 1.31. The molecular formula is C9H5BrNNaO5. The Morgan fingerprint density at radius 1 is 1.47 bits per heavy atom. The monoisotopic (exact) mass is 309 g/mol. The third-order valence-electron chi connectivity index (χ3n) is 2.00. The van der Waals surface area contributed by atoms with E-state index in [4.69, 9.17) is 4.42 Å². The van der Waals surface area contributed by atoms with E-state index in [-0.39, 0.29) is 42.0 Å². The van der Waals surface area contributed by atoms with Crippen LogP contribution in [-0.4, -0.2) is 10.0 Å². The van der Waals surface area contributed by atoms with Gasteiger partial charge in [-0.15, -0.1) is 0 Å². The van der Waals surface area contributed by atoms with E-state index < -0.39 is 22.0 Å². The molecule has 2 rings (SSSR count). The normalized spacial score (nSPS) is 9.94. The second kappa shape index (κ2) is 5.18. The minimum absolute atomic E-state index is 0. The van der Waals surface area contributed by atoms with Crippen molar-refractivity contribution < 1.29 is 45.4 Å². The third kappa shape index (κ3) is 2.52. The van der Waals surface area contributed by atoms with Crippen LogP contribution < -0.4 is 35.2 Å². The van der Waals surface area contributed by atoms with Crippen molar-refractivity contribution >= 4 is 32.6 Å². The van der Waals surface area contributed by atoms with Crippen molar-refractivity contribution in [3.8, 4) is 5.75 Å². The molecule has 0 bridgehead atoms. The maximum atomic E-state index is 11.2. The fourth-order valence-corrected chi connectivity index (χ4v) is 1.67. The zero-order valence-corrected chi connectivity index (χ0v) is 12.2. The molecule has 2 aromatic rings. The van der Waals surface area contributed by atoms with Crippen LogP contribution >= 0.6 is 15.9 Å². The first kappa shape index (κ1) is 14.2. The number of nitrogens with zero attached hydrogens (tertiary/aromatic N) is 1. The van der Waals surface area contributed by atoms with Gasteiger partial charge in [-0.3, -0.25) is 10.1 Å². The van der Waals surface area contributed by atoms with Crippen molar-refractivity contribution in [2.75, 3.05) is 0 Å². The van der Waals surface area contributed by atoms with E-state index in [0.29, 0.717) is 4.47 Å². The molecule has 0 fully saturated rings. The molecule has 8 heteroatoms. The van der Waals surface area contributed by atoms with Crippen molar-refractivity contribution in [2.45, 2.75) is 0 Å². The Morgan fingerprint density at radius 2 is 2.12 bits per heavy atom. The van der Waals surface area contributed by atoms with Gasteiger partial charge in [-0.25, -0.2) is 4.79 Å². The van der Waals surface area contributed by atoms with Gasteiger partial charge in [-0.2, -0.15) is 0 Å². The van der Waals surface area contributed by atoms with E-state index in [1.807, 2.05) is 0 Å². The van der Waals surface area contributed by atoms with Gasteiger partial charge in [0.15, 0.2) is 0 Å². The average molecular weight is 310 g/mol. The Labute approximate surface area is 126 Å². The second-order valence-electron chi connectivity index (χ2n) is 2.98. The van der Waals surface area contributed by atoms with Crippen LogP contribution in [0, 0.1) is 10.1 Å². The Balaban J connectivity index is 0.00000144. The van der Waals surface area contributed by atoms with E-state index >= 15 is 0 Å². The molecule has 1 N–H and O–H groups in total. The Morgan fingerprint density at radius 3 is 2.71 bits per heavy atom. The van der Waals surface area contributed by atoms with E-state index in [0.717, 1.165) is 0 Å². The summed E-state index contributed by atoms with van der Waals surface area (Å²) in [6.45, 7) is 0. The Kier molecular flexibility index (Phi) is 4.31. The molecule has 0 amide bonds. The molecule has 0 atom stereocenters. The number of benzene rings is 1. The topological polar surface area (TPSA) is 93.6 Å². The molecular weight excluding hydrogens is 305 g/mol. The van der Waals surface area contributed by atoms with Crippen LogP contribution in [0.4, 0.5) is 5.69 Å². The minimum Gasteiger partial charge on any atom is -1.00 e. The fraction of sp³-hybridized carbons (Fsp3) is 0. The molecule has 0 aliphatic rings. The van der Waals surface area contributed by atoms with Gasteiger partial charge in [0.1, 0.15) is 5.58 Å². The number of fused-ring (bicyclic) bond motifs is 1. The van der Waals surface area contributed by atoms with Crippen LogP contribution in [0.5, 0.6) is 5.75 Å². The van der Waals surface area contributed by atoms with Gasteiger partial charge in [0.25, 0.3) is 0 Å². The summed E-state index contributed by atoms with van der Waals surface area (Å²) in [5.41, 5.74) is -2.03. The van der Waals surface area contributed by atoms with E-state index in [2.05, 4.69) is 15.9 Å². The summed E-state index contributed by atoms with van der Waals surface area (Å²) < 4.78 is 5.32. The number of rotatable bonds is 1. The molecule has 17 heavy (non-hydrogen) atoms. The Hall–Kier alpha value is -0.890.